The lowest BCUT2D eigenvalue weighted by Crippen LogP contribution is -2.15. The maximum atomic E-state index is 12.9. The number of aromatic carboxylic acids is 2. The first-order chi connectivity index (χ1) is 7.29. The van der Waals surface area contributed by atoms with Crippen LogP contribution in [0.2, 0.25) is 0 Å². The van der Waals surface area contributed by atoms with E-state index < -0.39 is 46.3 Å². The Morgan fingerprint density at radius 3 is 0.944 bits per heavy atom. The van der Waals surface area contributed by atoms with Gasteiger partial charge in [-0.3, -0.25) is 9.41 Å². The van der Waals surface area contributed by atoms with Crippen molar-refractivity contribution in [2.24, 2.45) is 0 Å². The summed E-state index contributed by atoms with van der Waals surface area (Å²) in [6.07, 6.45) is 0. The van der Waals surface area contributed by atoms with Crippen LogP contribution in [0.4, 0.5) is 27.0 Å². The van der Waals surface area contributed by atoms with E-state index in [4.69, 9.17) is 10.2 Å². The summed E-state index contributed by atoms with van der Waals surface area (Å²) >= 11 is 0. The molecule has 0 saturated carbocycles. The second kappa shape index (κ2) is 5.89. The van der Waals surface area contributed by atoms with Crippen molar-refractivity contribution < 1.29 is 46.8 Å². The molecule has 2 N–H and O–H groups in total. The van der Waals surface area contributed by atoms with E-state index in [-0.39, 0.29) is 9.41 Å². The summed E-state index contributed by atoms with van der Waals surface area (Å²) in [5.74, 6) is -13.5. The minimum atomic E-state index is -2.26. The van der Waals surface area contributed by atoms with Gasteiger partial charge in [-0.2, -0.15) is 0 Å². The highest BCUT2D eigenvalue weighted by Crippen LogP contribution is 2.24. The van der Waals surface area contributed by atoms with E-state index in [2.05, 4.69) is 0 Å². The minimum absolute atomic E-state index is 0. The summed E-state index contributed by atoms with van der Waals surface area (Å²) in [7, 11) is 0. The Kier molecular flexibility index (Phi) is 5.93. The first-order valence-electron chi connectivity index (χ1n) is 3.61. The zero-order valence-electron chi connectivity index (χ0n) is 8.04. The van der Waals surface area contributed by atoms with Gasteiger partial charge in [-0.25, -0.2) is 27.2 Å². The highest BCUT2D eigenvalue weighted by molar-refractivity contribution is 5.92. The summed E-state index contributed by atoms with van der Waals surface area (Å²) in [5, 5.41) is 16.5. The molecule has 0 aliphatic rings. The number of carboxylic acid groups (broad SMARTS) is 2. The van der Waals surface area contributed by atoms with Gasteiger partial charge in [0.25, 0.3) is 0 Å². The zero-order valence-corrected chi connectivity index (χ0v) is 8.04. The fraction of sp³-hybridized carbons (Fsp3) is 0. The van der Waals surface area contributed by atoms with E-state index in [0.717, 1.165) is 0 Å². The molecule has 1 aromatic rings. The lowest BCUT2D eigenvalue weighted by molar-refractivity contribution is 0.0658. The van der Waals surface area contributed by atoms with E-state index in [9.17, 15) is 27.2 Å². The summed E-state index contributed by atoms with van der Waals surface area (Å²) in [5.41, 5.74) is -3.75. The van der Waals surface area contributed by atoms with Crippen LogP contribution < -0.4 is 0 Å². The molecule has 0 aliphatic heterocycles. The molecule has 102 valence electrons. The number of carboxylic acids is 2. The summed E-state index contributed by atoms with van der Waals surface area (Å²) in [4.78, 5) is 20.5. The van der Waals surface area contributed by atoms with Crippen LogP contribution >= 0.6 is 0 Å². The molecule has 0 aliphatic carbocycles. The van der Waals surface area contributed by atoms with Gasteiger partial charge in [-0.15, -0.1) is 0 Å². The van der Waals surface area contributed by atoms with Crippen LogP contribution in [0, 0.1) is 23.3 Å². The maximum Gasteiger partial charge on any atom is 0.341 e. The number of carbonyl (C=O) groups is 2. The fourth-order valence-corrected chi connectivity index (χ4v) is 1.01. The molecule has 0 spiro atoms. The molecule has 0 atom stereocenters. The Morgan fingerprint density at radius 2 is 0.833 bits per heavy atom. The van der Waals surface area contributed by atoms with Gasteiger partial charge in [0.05, 0.1) is 0 Å². The summed E-state index contributed by atoms with van der Waals surface area (Å²) in [6, 6.07) is 0. The second-order valence-electron chi connectivity index (χ2n) is 2.62. The van der Waals surface area contributed by atoms with Crippen LogP contribution in [0.1, 0.15) is 20.7 Å². The number of halogens is 6. The molecule has 1 rings (SSSR count). The van der Waals surface area contributed by atoms with Crippen molar-refractivity contribution in [3.05, 3.63) is 34.4 Å². The van der Waals surface area contributed by atoms with Crippen LogP contribution in [-0.2, 0) is 0 Å². The quantitative estimate of drug-likeness (QED) is 0.640. The summed E-state index contributed by atoms with van der Waals surface area (Å²) < 4.78 is 51.6. The average molecular weight is 278 g/mol. The van der Waals surface area contributed by atoms with Gasteiger partial charge in [0.1, 0.15) is 11.1 Å². The molecule has 10 heteroatoms. The van der Waals surface area contributed by atoms with Gasteiger partial charge in [0, 0.05) is 0 Å². The van der Waals surface area contributed by atoms with Crippen LogP contribution in [-0.4, -0.2) is 22.2 Å². The fourth-order valence-electron chi connectivity index (χ4n) is 1.01. The Labute approximate surface area is 94.2 Å². The maximum absolute atomic E-state index is 12.9. The molecule has 1 aromatic carbocycles. The molecule has 0 heterocycles. The van der Waals surface area contributed by atoms with Crippen molar-refractivity contribution in [1.29, 1.82) is 0 Å². The average Bonchev–Trinajstić information content (AvgIpc) is 2.14. The molecule has 0 amide bonds. The van der Waals surface area contributed by atoms with Crippen LogP contribution in [0.3, 0.4) is 0 Å². The summed E-state index contributed by atoms with van der Waals surface area (Å²) in [6.45, 7) is 0. The largest absolute Gasteiger partial charge is 0.477 e. The molecular weight excluding hydrogens is 274 g/mol. The smallest absolute Gasteiger partial charge is 0.341 e. The Hall–Kier alpha value is -2.26. The Morgan fingerprint density at radius 1 is 0.667 bits per heavy atom. The molecule has 0 saturated heterocycles. The van der Waals surface area contributed by atoms with Gasteiger partial charge in [-0.1, -0.05) is 0 Å². The second-order valence-corrected chi connectivity index (χ2v) is 2.62. The SMILES string of the molecule is F.F.O=C(O)c1c(F)c(F)c(C(=O)O)c(F)c1F. The Balaban J connectivity index is 0. The molecule has 4 nitrogen and oxygen atoms in total. The van der Waals surface area contributed by atoms with Crippen LogP contribution in [0.25, 0.3) is 0 Å². The first kappa shape index (κ1) is 18.1. The van der Waals surface area contributed by atoms with Gasteiger partial charge >= 0.3 is 11.9 Å². The molecule has 0 aromatic heterocycles. The van der Waals surface area contributed by atoms with Crippen LogP contribution in [0.15, 0.2) is 0 Å². The van der Waals surface area contributed by atoms with E-state index in [1.165, 1.54) is 0 Å². The third kappa shape index (κ3) is 2.52. The molecular formula is C8H4F6O4. The van der Waals surface area contributed by atoms with E-state index in [1.54, 1.807) is 0 Å². The van der Waals surface area contributed by atoms with Crippen LogP contribution in [0.5, 0.6) is 0 Å². The normalized spacial score (nSPS) is 9.11. The molecule has 0 bridgehead atoms. The highest BCUT2D eigenvalue weighted by atomic mass is 19.2. The first-order valence-corrected chi connectivity index (χ1v) is 3.61. The monoisotopic (exact) mass is 278 g/mol. The van der Waals surface area contributed by atoms with Crippen molar-refractivity contribution in [2.45, 2.75) is 0 Å². The van der Waals surface area contributed by atoms with Crippen molar-refractivity contribution in [3.63, 3.8) is 0 Å². The number of hydrogen-bond donors (Lipinski definition) is 2. The lowest BCUT2D eigenvalue weighted by Gasteiger charge is -2.05. The Bertz CT molecular complexity index is 427. The van der Waals surface area contributed by atoms with Gasteiger partial charge < -0.3 is 10.2 Å². The minimum Gasteiger partial charge on any atom is -0.477 e. The number of rotatable bonds is 2. The predicted octanol–water partition coefficient (Wildman–Crippen LogP) is 1.94. The molecule has 0 fully saturated rings. The number of benzene rings is 1. The van der Waals surface area contributed by atoms with E-state index in [0.29, 0.717) is 0 Å². The zero-order chi connectivity index (χ0) is 12.6. The van der Waals surface area contributed by atoms with Crippen molar-refractivity contribution in [1.82, 2.24) is 0 Å². The van der Waals surface area contributed by atoms with Gasteiger partial charge in [0.15, 0.2) is 23.3 Å². The standard InChI is InChI=1S/C8H2F4O4.2FH/c9-3-1(7(13)14)4(10)6(12)2(5(3)11)8(15)16;;/h(H,13,14)(H,15,16);2*1H. The van der Waals surface area contributed by atoms with E-state index in [1.807, 2.05) is 0 Å². The van der Waals surface area contributed by atoms with Gasteiger partial charge in [-0.05, 0) is 0 Å². The van der Waals surface area contributed by atoms with E-state index >= 15 is 0 Å². The van der Waals surface area contributed by atoms with Gasteiger partial charge in [0.2, 0.25) is 0 Å². The predicted molar refractivity (Wildman–Crippen MR) is 45.2 cm³/mol. The van der Waals surface area contributed by atoms with Crippen molar-refractivity contribution >= 4 is 11.9 Å². The third-order valence-electron chi connectivity index (χ3n) is 1.69. The molecule has 0 unspecified atom stereocenters. The topological polar surface area (TPSA) is 74.6 Å². The van der Waals surface area contributed by atoms with Crippen molar-refractivity contribution in [2.75, 3.05) is 0 Å². The molecule has 0 radical (unpaired) electrons. The lowest BCUT2D eigenvalue weighted by atomic mass is 10.1. The number of hydrogen-bond acceptors (Lipinski definition) is 2. The third-order valence-corrected chi connectivity index (χ3v) is 1.69. The highest BCUT2D eigenvalue weighted by Gasteiger charge is 2.31. The molecule has 18 heavy (non-hydrogen) atoms. The van der Waals surface area contributed by atoms with Crippen molar-refractivity contribution in [3.8, 4) is 0 Å².